The first-order valence-corrected chi connectivity index (χ1v) is 9.90. The number of carbonyl (C=O) groups excluding carboxylic acids is 2. The minimum atomic E-state index is -0.420. The van der Waals surface area contributed by atoms with Gasteiger partial charge in [-0.3, -0.25) is 9.59 Å². The van der Waals surface area contributed by atoms with Gasteiger partial charge < -0.3 is 25.0 Å². The third-order valence-electron chi connectivity index (χ3n) is 4.21. The number of nitrogens with zero attached hydrogens (tertiary/aromatic N) is 2. The van der Waals surface area contributed by atoms with Crippen LogP contribution in [0.5, 0.6) is 11.5 Å². The molecule has 31 heavy (non-hydrogen) atoms. The van der Waals surface area contributed by atoms with Crippen LogP contribution in [0.4, 0.5) is 5.69 Å². The summed E-state index contributed by atoms with van der Waals surface area (Å²) in [4.78, 5) is 27.2. The third-order valence-corrected chi connectivity index (χ3v) is 4.21. The highest BCUT2D eigenvalue weighted by atomic mass is 16.5. The Morgan fingerprint density at radius 3 is 2.35 bits per heavy atom. The van der Waals surface area contributed by atoms with Crippen molar-refractivity contribution in [2.24, 2.45) is 5.73 Å². The first kappa shape index (κ1) is 21.8. The fourth-order valence-corrected chi connectivity index (χ4v) is 2.69. The van der Waals surface area contributed by atoms with Crippen LogP contribution in [0.25, 0.3) is 11.4 Å². The number of amides is 2. The number of rotatable bonds is 11. The molecule has 2 aromatic carbocycles. The molecule has 0 aliphatic carbocycles. The van der Waals surface area contributed by atoms with Crippen LogP contribution in [0.2, 0.25) is 0 Å². The molecule has 1 heterocycles. The van der Waals surface area contributed by atoms with Gasteiger partial charge in [-0.1, -0.05) is 5.16 Å². The second kappa shape index (κ2) is 10.8. The lowest BCUT2D eigenvalue weighted by Gasteiger charge is -2.07. The SMILES string of the molecule is CCOc1ccc(-c2noc(CCC(=O)Nc3ccc(OCCC(N)=O)cc3)n2)cc1. The summed E-state index contributed by atoms with van der Waals surface area (Å²) in [7, 11) is 0. The molecule has 0 aliphatic heterocycles. The standard InChI is InChI=1S/C22H24N4O5/c1-2-29-17-7-3-15(4-8-17)22-25-21(31-26-22)12-11-20(28)24-16-5-9-18(10-6-16)30-14-13-19(23)27/h3-10H,2,11-14H2,1H3,(H2,23,27)(H,24,28). The zero-order valence-electron chi connectivity index (χ0n) is 17.2. The fourth-order valence-electron chi connectivity index (χ4n) is 2.69. The zero-order chi connectivity index (χ0) is 22.1. The summed E-state index contributed by atoms with van der Waals surface area (Å²) in [5, 5.41) is 6.77. The van der Waals surface area contributed by atoms with Gasteiger partial charge in [0.2, 0.25) is 23.5 Å². The predicted molar refractivity (Wildman–Crippen MR) is 114 cm³/mol. The maximum absolute atomic E-state index is 12.2. The number of ether oxygens (including phenoxy) is 2. The van der Waals surface area contributed by atoms with E-state index in [1.54, 1.807) is 24.3 Å². The molecular weight excluding hydrogens is 400 g/mol. The van der Waals surface area contributed by atoms with Crippen molar-refractivity contribution in [2.45, 2.75) is 26.2 Å². The molecule has 0 unspecified atom stereocenters. The Morgan fingerprint density at radius 1 is 1.00 bits per heavy atom. The van der Waals surface area contributed by atoms with Crippen molar-refractivity contribution in [1.82, 2.24) is 10.1 Å². The van der Waals surface area contributed by atoms with Crippen molar-refractivity contribution in [2.75, 3.05) is 18.5 Å². The molecule has 0 spiro atoms. The number of nitrogens with one attached hydrogen (secondary N) is 1. The highest BCUT2D eigenvalue weighted by Gasteiger charge is 2.11. The zero-order valence-corrected chi connectivity index (χ0v) is 17.2. The number of carbonyl (C=O) groups is 2. The smallest absolute Gasteiger partial charge is 0.227 e. The summed E-state index contributed by atoms with van der Waals surface area (Å²) < 4.78 is 16.1. The van der Waals surface area contributed by atoms with Crippen molar-refractivity contribution in [1.29, 1.82) is 0 Å². The number of anilines is 1. The molecule has 9 nitrogen and oxygen atoms in total. The van der Waals surface area contributed by atoms with Gasteiger partial charge in [0.05, 0.1) is 19.6 Å². The van der Waals surface area contributed by atoms with Gasteiger partial charge in [-0.2, -0.15) is 4.98 Å². The van der Waals surface area contributed by atoms with Crippen LogP contribution in [0, 0.1) is 0 Å². The molecular formula is C22H24N4O5. The van der Waals surface area contributed by atoms with E-state index in [1.165, 1.54) is 0 Å². The molecule has 0 atom stereocenters. The van der Waals surface area contributed by atoms with Gasteiger partial charge in [-0.05, 0) is 55.5 Å². The molecule has 9 heteroatoms. The van der Waals surface area contributed by atoms with E-state index in [0.717, 1.165) is 11.3 Å². The Hall–Kier alpha value is -3.88. The fraction of sp³-hybridized carbons (Fsp3) is 0.273. The van der Waals surface area contributed by atoms with Crippen LogP contribution in [-0.4, -0.2) is 35.2 Å². The molecule has 3 rings (SSSR count). The molecule has 0 saturated heterocycles. The van der Waals surface area contributed by atoms with E-state index < -0.39 is 5.91 Å². The maximum Gasteiger partial charge on any atom is 0.227 e. The van der Waals surface area contributed by atoms with E-state index in [0.29, 0.717) is 36.2 Å². The van der Waals surface area contributed by atoms with Gasteiger partial charge in [-0.15, -0.1) is 0 Å². The molecule has 0 bridgehead atoms. The van der Waals surface area contributed by atoms with Crippen molar-refractivity contribution in [3.8, 4) is 22.9 Å². The van der Waals surface area contributed by atoms with Gasteiger partial charge in [0.1, 0.15) is 11.5 Å². The molecule has 2 amide bonds. The van der Waals surface area contributed by atoms with Crippen LogP contribution in [0.1, 0.15) is 25.7 Å². The Kier molecular flexibility index (Phi) is 7.58. The van der Waals surface area contributed by atoms with Crippen LogP contribution < -0.4 is 20.5 Å². The molecule has 1 aromatic heterocycles. The highest BCUT2D eigenvalue weighted by Crippen LogP contribution is 2.20. The van der Waals surface area contributed by atoms with Crippen molar-refractivity contribution >= 4 is 17.5 Å². The highest BCUT2D eigenvalue weighted by molar-refractivity contribution is 5.90. The molecule has 0 radical (unpaired) electrons. The van der Waals surface area contributed by atoms with Crippen molar-refractivity contribution in [3.05, 3.63) is 54.4 Å². The lowest BCUT2D eigenvalue weighted by Crippen LogP contribution is -2.14. The van der Waals surface area contributed by atoms with E-state index in [1.807, 2.05) is 31.2 Å². The second-order valence-corrected chi connectivity index (χ2v) is 6.61. The first-order valence-electron chi connectivity index (χ1n) is 9.90. The summed E-state index contributed by atoms with van der Waals surface area (Å²) in [6.45, 7) is 2.74. The minimum absolute atomic E-state index is 0.147. The topological polar surface area (TPSA) is 130 Å². The Morgan fingerprint density at radius 2 is 1.68 bits per heavy atom. The number of hydrogen-bond donors (Lipinski definition) is 2. The lowest BCUT2D eigenvalue weighted by atomic mass is 10.2. The number of benzene rings is 2. The Balaban J connectivity index is 1.46. The number of hydrogen-bond acceptors (Lipinski definition) is 7. The molecule has 0 aliphatic rings. The number of primary amides is 1. The molecule has 3 N–H and O–H groups in total. The van der Waals surface area contributed by atoms with Gasteiger partial charge in [0, 0.05) is 24.1 Å². The van der Waals surface area contributed by atoms with Crippen molar-refractivity contribution in [3.63, 3.8) is 0 Å². The predicted octanol–water partition coefficient (Wildman–Crippen LogP) is 2.96. The quantitative estimate of drug-likeness (QED) is 0.484. The van der Waals surface area contributed by atoms with Crippen LogP contribution >= 0.6 is 0 Å². The maximum atomic E-state index is 12.2. The third kappa shape index (κ3) is 6.84. The summed E-state index contributed by atoms with van der Waals surface area (Å²) in [5.41, 5.74) is 6.51. The molecule has 162 valence electrons. The largest absolute Gasteiger partial charge is 0.494 e. The van der Waals surface area contributed by atoms with Crippen molar-refractivity contribution < 1.29 is 23.6 Å². The molecule has 0 saturated carbocycles. The van der Waals surface area contributed by atoms with Gasteiger partial charge >= 0.3 is 0 Å². The lowest BCUT2D eigenvalue weighted by molar-refractivity contribution is -0.118. The monoisotopic (exact) mass is 424 g/mol. The van der Waals surface area contributed by atoms with E-state index in [-0.39, 0.29) is 25.4 Å². The Labute approximate surface area is 179 Å². The van der Waals surface area contributed by atoms with E-state index in [9.17, 15) is 9.59 Å². The van der Waals surface area contributed by atoms with Gasteiger partial charge in [0.15, 0.2) is 0 Å². The van der Waals surface area contributed by atoms with Crippen LogP contribution in [0.15, 0.2) is 53.1 Å². The van der Waals surface area contributed by atoms with E-state index in [2.05, 4.69) is 15.5 Å². The number of aryl methyl sites for hydroxylation is 1. The number of aromatic nitrogens is 2. The number of nitrogens with two attached hydrogens (primary N) is 1. The molecule has 3 aromatic rings. The Bertz CT molecular complexity index is 1000. The summed E-state index contributed by atoms with van der Waals surface area (Å²) in [6.07, 6.45) is 0.667. The summed E-state index contributed by atoms with van der Waals surface area (Å²) >= 11 is 0. The molecule has 0 fully saturated rings. The van der Waals surface area contributed by atoms with Crippen LogP contribution in [0.3, 0.4) is 0 Å². The van der Waals surface area contributed by atoms with E-state index in [4.69, 9.17) is 19.7 Å². The normalized spacial score (nSPS) is 10.5. The average molecular weight is 424 g/mol. The second-order valence-electron chi connectivity index (χ2n) is 6.61. The van der Waals surface area contributed by atoms with E-state index >= 15 is 0 Å². The summed E-state index contributed by atoms with van der Waals surface area (Å²) in [6, 6.07) is 14.2. The summed E-state index contributed by atoms with van der Waals surface area (Å²) in [5.74, 6) is 1.62. The first-order chi connectivity index (χ1) is 15.0. The average Bonchev–Trinajstić information content (AvgIpc) is 3.23. The van der Waals surface area contributed by atoms with Gasteiger partial charge in [0.25, 0.3) is 0 Å². The van der Waals surface area contributed by atoms with Crippen LogP contribution in [-0.2, 0) is 16.0 Å². The minimum Gasteiger partial charge on any atom is -0.494 e. The van der Waals surface area contributed by atoms with Gasteiger partial charge in [-0.25, -0.2) is 0 Å².